The molecule has 0 bridgehead atoms. The van der Waals surface area contributed by atoms with Crippen LogP contribution in [-0.4, -0.2) is 42.2 Å². The predicted molar refractivity (Wildman–Crippen MR) is 108 cm³/mol. The van der Waals surface area contributed by atoms with Gasteiger partial charge in [-0.15, -0.1) is 0 Å². The molecule has 0 saturated heterocycles. The number of anilines is 1. The summed E-state index contributed by atoms with van der Waals surface area (Å²) >= 11 is 0. The molecular weight excluding hydrogens is 413 g/mol. The lowest BCUT2D eigenvalue weighted by Gasteiger charge is -2.22. The lowest BCUT2D eigenvalue weighted by molar-refractivity contribution is -0.136. The minimum absolute atomic E-state index is 0.0137. The van der Waals surface area contributed by atoms with Crippen LogP contribution in [0.3, 0.4) is 0 Å². The van der Waals surface area contributed by atoms with Crippen LogP contribution in [0.25, 0.3) is 0 Å². The standard InChI is InChI=1S/C22H23F3N2O4/c1-3-11-27(12-19(29)26-17-10-9-16(23)21(24)22(17)25)20(30)13-31-15-7-5-14(6-8-15)18(28)4-2/h5-10H,3-4,11-13H2,1-2H3,(H,26,29). The third kappa shape index (κ3) is 6.56. The summed E-state index contributed by atoms with van der Waals surface area (Å²) in [6.45, 7) is 3.02. The van der Waals surface area contributed by atoms with E-state index in [1.807, 2.05) is 0 Å². The van der Waals surface area contributed by atoms with Gasteiger partial charge in [-0.25, -0.2) is 13.2 Å². The summed E-state index contributed by atoms with van der Waals surface area (Å²) in [5, 5.41) is 2.13. The van der Waals surface area contributed by atoms with E-state index in [9.17, 15) is 27.6 Å². The van der Waals surface area contributed by atoms with Crippen LogP contribution in [-0.2, 0) is 9.59 Å². The molecule has 2 amide bonds. The van der Waals surface area contributed by atoms with Crippen LogP contribution in [0.15, 0.2) is 36.4 Å². The molecule has 0 aliphatic heterocycles. The van der Waals surface area contributed by atoms with Gasteiger partial charge in [-0.2, -0.15) is 0 Å². The van der Waals surface area contributed by atoms with Crippen molar-refractivity contribution < 1.29 is 32.3 Å². The summed E-state index contributed by atoms with van der Waals surface area (Å²) < 4.78 is 45.5. The number of hydrogen-bond acceptors (Lipinski definition) is 4. The summed E-state index contributed by atoms with van der Waals surface area (Å²) in [7, 11) is 0. The van der Waals surface area contributed by atoms with Crippen LogP contribution < -0.4 is 10.1 Å². The van der Waals surface area contributed by atoms with Crippen molar-refractivity contribution in [2.45, 2.75) is 26.7 Å². The molecule has 0 aliphatic carbocycles. The monoisotopic (exact) mass is 436 g/mol. The van der Waals surface area contributed by atoms with E-state index in [1.165, 1.54) is 4.90 Å². The van der Waals surface area contributed by atoms with Gasteiger partial charge in [0.25, 0.3) is 5.91 Å². The van der Waals surface area contributed by atoms with Crippen molar-refractivity contribution in [1.82, 2.24) is 4.90 Å². The molecule has 0 heterocycles. The van der Waals surface area contributed by atoms with Gasteiger partial charge in [0.05, 0.1) is 12.2 Å². The fourth-order valence-electron chi connectivity index (χ4n) is 2.72. The lowest BCUT2D eigenvalue weighted by Crippen LogP contribution is -2.41. The Labute approximate surface area is 178 Å². The van der Waals surface area contributed by atoms with E-state index < -0.39 is 41.5 Å². The molecule has 6 nitrogen and oxygen atoms in total. The normalized spacial score (nSPS) is 10.5. The van der Waals surface area contributed by atoms with Gasteiger partial charge >= 0.3 is 0 Å². The highest BCUT2D eigenvalue weighted by atomic mass is 19.2. The summed E-state index contributed by atoms with van der Waals surface area (Å²) in [6, 6.07) is 7.92. The third-order valence-electron chi connectivity index (χ3n) is 4.35. The van der Waals surface area contributed by atoms with E-state index in [2.05, 4.69) is 5.32 Å². The maximum Gasteiger partial charge on any atom is 0.260 e. The topological polar surface area (TPSA) is 75.7 Å². The summed E-state index contributed by atoms with van der Waals surface area (Å²) in [5.41, 5.74) is 0.0145. The van der Waals surface area contributed by atoms with Crippen LogP contribution in [0.2, 0.25) is 0 Å². The lowest BCUT2D eigenvalue weighted by atomic mass is 10.1. The maximum absolute atomic E-state index is 13.7. The molecule has 0 atom stereocenters. The second kappa shape index (κ2) is 11.1. The Balaban J connectivity index is 1.96. The van der Waals surface area contributed by atoms with Crippen molar-refractivity contribution in [1.29, 1.82) is 0 Å². The smallest absolute Gasteiger partial charge is 0.260 e. The molecule has 9 heteroatoms. The van der Waals surface area contributed by atoms with Crippen LogP contribution >= 0.6 is 0 Å². The molecule has 166 valence electrons. The van der Waals surface area contributed by atoms with Crippen LogP contribution in [0.5, 0.6) is 5.75 Å². The molecule has 1 N–H and O–H groups in total. The van der Waals surface area contributed by atoms with E-state index in [4.69, 9.17) is 4.74 Å². The fraction of sp³-hybridized carbons (Fsp3) is 0.318. The highest BCUT2D eigenvalue weighted by Crippen LogP contribution is 2.19. The van der Waals surface area contributed by atoms with Crippen molar-refractivity contribution in [2.75, 3.05) is 25.0 Å². The molecule has 0 fully saturated rings. The zero-order valence-corrected chi connectivity index (χ0v) is 17.2. The summed E-state index contributed by atoms with van der Waals surface area (Å²) in [4.78, 5) is 37.5. The van der Waals surface area contributed by atoms with Crippen LogP contribution in [0.1, 0.15) is 37.0 Å². The molecule has 0 radical (unpaired) electrons. The molecule has 0 spiro atoms. The largest absolute Gasteiger partial charge is 0.484 e. The zero-order valence-electron chi connectivity index (χ0n) is 17.2. The fourth-order valence-corrected chi connectivity index (χ4v) is 2.72. The summed E-state index contributed by atoms with van der Waals surface area (Å²) in [6.07, 6.45) is 0.924. The molecule has 31 heavy (non-hydrogen) atoms. The van der Waals surface area contributed by atoms with E-state index in [1.54, 1.807) is 38.1 Å². The Morgan fingerprint density at radius 2 is 1.65 bits per heavy atom. The van der Waals surface area contributed by atoms with Crippen molar-refractivity contribution in [2.24, 2.45) is 0 Å². The number of ketones is 1. The summed E-state index contributed by atoms with van der Waals surface area (Å²) in [5.74, 6) is -5.48. The van der Waals surface area contributed by atoms with E-state index in [0.717, 1.165) is 6.07 Å². The van der Waals surface area contributed by atoms with Crippen LogP contribution in [0, 0.1) is 17.5 Å². The van der Waals surface area contributed by atoms with Gasteiger partial charge in [-0.3, -0.25) is 14.4 Å². The molecule has 2 aromatic rings. The van der Waals surface area contributed by atoms with Gasteiger partial charge < -0.3 is 15.0 Å². The quantitative estimate of drug-likeness (QED) is 0.452. The molecule has 2 aromatic carbocycles. The first-order valence-corrected chi connectivity index (χ1v) is 9.74. The average molecular weight is 436 g/mol. The number of hydrogen-bond donors (Lipinski definition) is 1. The molecule has 0 aromatic heterocycles. The number of benzene rings is 2. The Bertz CT molecular complexity index is 949. The van der Waals surface area contributed by atoms with E-state index in [-0.39, 0.29) is 18.9 Å². The van der Waals surface area contributed by atoms with Crippen molar-refractivity contribution >= 4 is 23.3 Å². The van der Waals surface area contributed by atoms with Gasteiger partial charge in [-0.05, 0) is 42.8 Å². The van der Waals surface area contributed by atoms with Gasteiger partial charge in [0, 0.05) is 18.5 Å². The van der Waals surface area contributed by atoms with Crippen molar-refractivity contribution in [3.05, 3.63) is 59.4 Å². The third-order valence-corrected chi connectivity index (χ3v) is 4.35. The second-order valence-electron chi connectivity index (χ2n) is 6.68. The maximum atomic E-state index is 13.7. The Hall–Kier alpha value is -3.36. The second-order valence-corrected chi connectivity index (χ2v) is 6.68. The number of halogens is 3. The Morgan fingerprint density at radius 1 is 0.968 bits per heavy atom. The molecular formula is C22H23F3N2O4. The van der Waals surface area contributed by atoms with Gasteiger partial charge in [0.15, 0.2) is 29.8 Å². The minimum Gasteiger partial charge on any atom is -0.484 e. The Morgan fingerprint density at radius 3 is 2.26 bits per heavy atom. The van der Waals surface area contributed by atoms with Gasteiger partial charge in [0.2, 0.25) is 5.91 Å². The first kappa shape index (κ1) is 23.9. The average Bonchev–Trinajstić information content (AvgIpc) is 2.77. The molecule has 0 unspecified atom stereocenters. The number of nitrogens with one attached hydrogen (secondary N) is 1. The number of carbonyl (C=O) groups excluding carboxylic acids is 3. The number of carbonyl (C=O) groups is 3. The van der Waals surface area contributed by atoms with Crippen LogP contribution in [0.4, 0.5) is 18.9 Å². The van der Waals surface area contributed by atoms with Crippen molar-refractivity contribution in [3.8, 4) is 5.75 Å². The number of amides is 2. The minimum atomic E-state index is -1.70. The number of rotatable bonds is 10. The highest BCUT2D eigenvalue weighted by Gasteiger charge is 2.20. The van der Waals surface area contributed by atoms with Gasteiger partial charge in [-0.1, -0.05) is 13.8 Å². The first-order chi connectivity index (χ1) is 14.8. The molecule has 0 saturated carbocycles. The highest BCUT2D eigenvalue weighted by molar-refractivity contribution is 5.96. The van der Waals surface area contributed by atoms with E-state index >= 15 is 0 Å². The SMILES string of the molecule is CCCN(CC(=O)Nc1ccc(F)c(F)c1F)C(=O)COc1ccc(C(=O)CC)cc1. The Kier molecular flexibility index (Phi) is 8.60. The first-order valence-electron chi connectivity index (χ1n) is 9.74. The molecule has 0 aliphatic rings. The number of Topliss-reactive ketones (excluding diaryl/α,β-unsaturated/α-hetero) is 1. The number of nitrogens with zero attached hydrogens (tertiary/aromatic N) is 1. The predicted octanol–water partition coefficient (Wildman–Crippen LogP) is 3.95. The number of ether oxygens (including phenoxy) is 1. The van der Waals surface area contributed by atoms with E-state index in [0.29, 0.717) is 30.2 Å². The zero-order chi connectivity index (χ0) is 23.0. The van der Waals surface area contributed by atoms with Gasteiger partial charge in [0.1, 0.15) is 5.75 Å². The van der Waals surface area contributed by atoms with Crippen molar-refractivity contribution in [3.63, 3.8) is 0 Å². The molecule has 2 rings (SSSR count).